The minimum Gasteiger partial charge on any atom is -0.370 e. The van der Waals surface area contributed by atoms with E-state index in [1.807, 2.05) is 0 Å². The summed E-state index contributed by atoms with van der Waals surface area (Å²) in [4.78, 5) is 19.3. The molecule has 0 saturated heterocycles. The molecule has 0 unspecified atom stereocenters. The molecule has 1 heterocycles. The van der Waals surface area contributed by atoms with Crippen molar-refractivity contribution in [3.63, 3.8) is 0 Å². The number of nitrogens with two attached hydrogens (primary N) is 3. The van der Waals surface area contributed by atoms with Crippen LogP contribution in [0.1, 0.15) is 6.92 Å². The van der Waals surface area contributed by atoms with Crippen LogP contribution in [0.4, 0.5) is 0 Å². The first-order chi connectivity index (χ1) is 10.3. The highest BCUT2D eigenvalue weighted by Gasteiger charge is 2.14. The molecule has 7 N–H and O–H groups in total. The van der Waals surface area contributed by atoms with Crippen LogP contribution in [0.3, 0.4) is 0 Å². The average Bonchev–Trinajstić information content (AvgIpc) is 2.70. The van der Waals surface area contributed by atoms with Gasteiger partial charge in [0.2, 0.25) is 21.0 Å². The zero-order valence-corrected chi connectivity index (χ0v) is 14.6. The van der Waals surface area contributed by atoms with Gasteiger partial charge in [-0.15, -0.1) is 5.10 Å². The van der Waals surface area contributed by atoms with Gasteiger partial charge in [0.05, 0.1) is 0 Å². The van der Waals surface area contributed by atoms with Gasteiger partial charge in [-0.3, -0.25) is 10.2 Å². The Hall–Kier alpha value is -2.32. The van der Waals surface area contributed by atoms with E-state index >= 15 is 0 Å². The third-order valence-electron chi connectivity index (χ3n) is 1.84. The minimum absolute atomic E-state index is 0.0509. The van der Waals surface area contributed by atoms with Gasteiger partial charge in [0.15, 0.2) is 5.96 Å². The number of aliphatic imine (C=N–C) groups is 1. The van der Waals surface area contributed by atoms with E-state index in [4.69, 9.17) is 22.0 Å². The quantitative estimate of drug-likeness (QED) is 0.307. The Balaban J connectivity index is 0.000000468. The van der Waals surface area contributed by atoms with Gasteiger partial charge in [0, 0.05) is 28.1 Å². The summed E-state index contributed by atoms with van der Waals surface area (Å²) >= 11 is 0.746. The number of rotatable bonds is 1. The number of aromatic nitrogens is 2. The summed E-state index contributed by atoms with van der Waals surface area (Å²) in [6.45, 7) is 1.26. The fourth-order valence-corrected chi connectivity index (χ4v) is 2.49. The van der Waals surface area contributed by atoms with E-state index in [0.29, 0.717) is 0 Å². The molecule has 0 atom stereocenters. The number of hydrogen-bond donors (Lipinski definition) is 4. The van der Waals surface area contributed by atoms with E-state index < -0.39 is 15.9 Å². The van der Waals surface area contributed by atoms with Gasteiger partial charge in [-0.25, -0.2) is 18.2 Å². The summed E-state index contributed by atoms with van der Waals surface area (Å²) < 4.78 is 22.7. The van der Waals surface area contributed by atoms with Crippen LogP contribution in [0.15, 0.2) is 14.3 Å². The molecule has 130 valence electrons. The molecular weight excluding hydrogens is 346 g/mol. The molecule has 0 aromatic carbocycles. The van der Waals surface area contributed by atoms with Crippen molar-refractivity contribution in [3.05, 3.63) is 4.80 Å². The Labute approximate surface area is 136 Å². The van der Waals surface area contributed by atoms with E-state index in [-0.39, 0.29) is 21.1 Å². The standard InChI is InChI=1S/C5H8N4O3S2.C4H11N5/c1-3(10)7-4-9(2)8-5(13-4)14(6,11)12;1-9(2)4(7)8-3(5)6/h1-2H3,(H2,6,11,12);1-2H3,(H5,5,6,7,8). The summed E-state index contributed by atoms with van der Waals surface area (Å²) in [6.07, 6.45) is 0. The summed E-state index contributed by atoms with van der Waals surface area (Å²) in [5.41, 5.74) is 9.98. The van der Waals surface area contributed by atoms with Gasteiger partial charge in [0.1, 0.15) is 0 Å². The second-order valence-electron chi connectivity index (χ2n) is 4.20. The Bertz CT molecular complexity index is 768. The number of primary sulfonamides is 1. The van der Waals surface area contributed by atoms with Crippen LogP contribution >= 0.6 is 11.3 Å². The molecular formula is C9H19N9O3S2. The lowest BCUT2D eigenvalue weighted by Crippen LogP contribution is -2.28. The summed E-state index contributed by atoms with van der Waals surface area (Å²) in [7, 11) is 1.03. The number of nitrogens with zero attached hydrogens (tertiary/aromatic N) is 5. The smallest absolute Gasteiger partial charge is 0.267 e. The van der Waals surface area contributed by atoms with Crippen molar-refractivity contribution in [1.29, 1.82) is 5.41 Å². The first-order valence-electron chi connectivity index (χ1n) is 5.82. The van der Waals surface area contributed by atoms with Crippen LogP contribution in [0.25, 0.3) is 0 Å². The second-order valence-corrected chi connectivity index (χ2v) is 6.90. The Morgan fingerprint density at radius 1 is 1.39 bits per heavy atom. The van der Waals surface area contributed by atoms with Crippen molar-refractivity contribution in [2.24, 2.45) is 33.6 Å². The van der Waals surface area contributed by atoms with Crippen LogP contribution in [-0.2, 0) is 21.9 Å². The Morgan fingerprint density at radius 3 is 2.17 bits per heavy atom. The Morgan fingerprint density at radius 2 is 1.91 bits per heavy atom. The molecule has 0 saturated carbocycles. The molecule has 0 aliphatic carbocycles. The molecule has 0 spiro atoms. The average molecular weight is 365 g/mol. The molecule has 0 aliphatic rings. The maximum absolute atomic E-state index is 10.9. The molecule has 1 aromatic heterocycles. The number of guanidine groups is 2. The molecule has 14 heteroatoms. The number of nitrogens with one attached hydrogen (secondary N) is 1. The number of aryl methyl sites for hydroxylation is 1. The monoisotopic (exact) mass is 365 g/mol. The number of amides is 1. The predicted molar refractivity (Wildman–Crippen MR) is 85.9 cm³/mol. The largest absolute Gasteiger partial charge is 0.370 e. The summed E-state index contributed by atoms with van der Waals surface area (Å²) in [5, 5.41) is 15.5. The maximum atomic E-state index is 10.9. The first-order valence-corrected chi connectivity index (χ1v) is 8.18. The van der Waals surface area contributed by atoms with Crippen LogP contribution in [0.5, 0.6) is 0 Å². The second kappa shape index (κ2) is 8.35. The van der Waals surface area contributed by atoms with Crippen LogP contribution in [0.2, 0.25) is 0 Å². The Kier molecular flexibility index (Phi) is 7.51. The van der Waals surface area contributed by atoms with Gasteiger partial charge in [-0.1, -0.05) is 11.3 Å². The molecule has 0 aliphatic heterocycles. The topological polar surface area (TPSA) is 199 Å². The van der Waals surface area contributed by atoms with Crippen molar-refractivity contribution in [2.45, 2.75) is 11.3 Å². The third kappa shape index (κ3) is 8.03. The molecule has 0 bridgehead atoms. The summed E-state index contributed by atoms with van der Waals surface area (Å²) in [5.74, 6) is -0.464. The van der Waals surface area contributed by atoms with Crippen molar-refractivity contribution < 1.29 is 13.2 Å². The molecule has 1 amide bonds. The predicted octanol–water partition coefficient (Wildman–Crippen LogP) is -2.67. The highest BCUT2D eigenvalue weighted by atomic mass is 32.2. The van der Waals surface area contributed by atoms with Crippen LogP contribution in [-0.4, -0.2) is 55.0 Å². The molecule has 1 rings (SSSR count). The molecule has 23 heavy (non-hydrogen) atoms. The third-order valence-corrected chi connectivity index (χ3v) is 4.15. The number of hydrogen-bond acceptors (Lipinski definition) is 6. The van der Waals surface area contributed by atoms with Crippen LogP contribution < -0.4 is 21.4 Å². The van der Waals surface area contributed by atoms with Gasteiger partial charge in [-0.2, -0.15) is 9.98 Å². The molecule has 1 aromatic rings. The van der Waals surface area contributed by atoms with E-state index in [9.17, 15) is 13.2 Å². The lowest BCUT2D eigenvalue weighted by molar-refractivity contribution is -0.116. The summed E-state index contributed by atoms with van der Waals surface area (Å²) in [6, 6.07) is 0. The van der Waals surface area contributed by atoms with Crippen molar-refractivity contribution >= 4 is 39.2 Å². The van der Waals surface area contributed by atoms with Gasteiger partial charge >= 0.3 is 0 Å². The maximum Gasteiger partial charge on any atom is 0.267 e. The highest BCUT2D eigenvalue weighted by Crippen LogP contribution is 2.03. The van der Waals surface area contributed by atoms with Gasteiger partial charge in [-0.05, 0) is 0 Å². The first kappa shape index (κ1) is 20.7. The molecule has 12 nitrogen and oxygen atoms in total. The molecule has 0 radical (unpaired) electrons. The van der Waals surface area contributed by atoms with Crippen molar-refractivity contribution in [3.8, 4) is 0 Å². The normalized spacial score (nSPS) is 11.3. The van der Waals surface area contributed by atoms with E-state index in [1.54, 1.807) is 14.1 Å². The number of carbonyl (C=O) groups excluding carboxylic acids is 1. The highest BCUT2D eigenvalue weighted by molar-refractivity contribution is 7.91. The zero-order chi connectivity index (χ0) is 18.4. The van der Waals surface area contributed by atoms with Crippen LogP contribution in [0, 0.1) is 5.41 Å². The van der Waals surface area contributed by atoms with Crippen molar-refractivity contribution in [1.82, 2.24) is 14.7 Å². The van der Waals surface area contributed by atoms with E-state index in [0.717, 1.165) is 11.3 Å². The lowest BCUT2D eigenvalue weighted by atomic mass is 10.8. The zero-order valence-electron chi connectivity index (χ0n) is 13.0. The van der Waals surface area contributed by atoms with Gasteiger partial charge in [0.25, 0.3) is 10.0 Å². The minimum atomic E-state index is -3.83. The fraction of sp³-hybridized carbons (Fsp3) is 0.444. The SMILES string of the molecule is CC(=O)N=c1sc(S(N)(=O)=O)nn1C.CN(C)C(=N)N=C(N)N. The fourth-order valence-electron chi connectivity index (χ4n) is 0.897. The van der Waals surface area contributed by atoms with E-state index in [2.05, 4.69) is 15.1 Å². The van der Waals surface area contributed by atoms with Gasteiger partial charge < -0.3 is 16.4 Å². The molecule has 0 fully saturated rings. The van der Waals surface area contributed by atoms with Crippen molar-refractivity contribution in [2.75, 3.05) is 14.1 Å². The lowest BCUT2D eigenvalue weighted by Gasteiger charge is -2.07. The number of sulfonamides is 1. The number of carbonyl (C=O) groups is 1. The van der Waals surface area contributed by atoms with E-state index in [1.165, 1.54) is 23.6 Å².